The lowest BCUT2D eigenvalue weighted by Crippen LogP contribution is -2.36. The monoisotopic (exact) mass is 265 g/mol. The number of carbonyl (C=O) groups is 1. The van der Waals surface area contributed by atoms with Crippen molar-refractivity contribution < 1.29 is 9.18 Å². The minimum absolute atomic E-state index is 0.0578. The van der Waals surface area contributed by atoms with Crippen LogP contribution in [0.5, 0.6) is 0 Å². The summed E-state index contributed by atoms with van der Waals surface area (Å²) < 4.78 is 13.2. The molecule has 0 aromatic heterocycles. The lowest BCUT2D eigenvalue weighted by atomic mass is 10.2. The van der Waals surface area contributed by atoms with Crippen LogP contribution in [0, 0.1) is 5.82 Å². The van der Waals surface area contributed by atoms with Crippen LogP contribution in [0.3, 0.4) is 0 Å². The number of carbonyl (C=O) groups excluding carboxylic acids is 1. The molecule has 1 saturated carbocycles. The largest absolute Gasteiger partial charge is 0.396 e. The average molecular weight is 265 g/mol. The number of nitrogens with one attached hydrogen (secondary N) is 1. The summed E-state index contributed by atoms with van der Waals surface area (Å²) in [4.78, 5) is 14.2. The van der Waals surface area contributed by atoms with Crippen molar-refractivity contribution in [2.75, 3.05) is 25.4 Å². The molecule has 0 spiro atoms. The van der Waals surface area contributed by atoms with Crippen LogP contribution in [-0.4, -0.2) is 36.5 Å². The van der Waals surface area contributed by atoms with Crippen LogP contribution in [0.4, 0.5) is 10.1 Å². The molecule has 0 aliphatic heterocycles. The quantitative estimate of drug-likeness (QED) is 0.768. The van der Waals surface area contributed by atoms with Gasteiger partial charge in [0.2, 0.25) is 0 Å². The Hall–Kier alpha value is -1.62. The standard InChI is InChI=1S/C14H20FN3O/c1-2-18(11-4-5-11)8-7-17-14(19)10-3-6-13(16)12(15)9-10/h3,6,9,11H,2,4-5,7-8,16H2,1H3,(H,17,19). The van der Waals surface area contributed by atoms with Crippen molar-refractivity contribution in [2.24, 2.45) is 0 Å². The molecule has 1 aliphatic rings. The summed E-state index contributed by atoms with van der Waals surface area (Å²) in [5.41, 5.74) is 5.74. The smallest absolute Gasteiger partial charge is 0.251 e. The van der Waals surface area contributed by atoms with Crippen LogP contribution in [0.25, 0.3) is 0 Å². The summed E-state index contributed by atoms with van der Waals surface area (Å²) in [6.07, 6.45) is 2.51. The fourth-order valence-electron chi connectivity index (χ4n) is 2.12. The highest BCUT2D eigenvalue weighted by Gasteiger charge is 2.27. The van der Waals surface area contributed by atoms with Crippen molar-refractivity contribution in [3.05, 3.63) is 29.6 Å². The number of halogens is 1. The van der Waals surface area contributed by atoms with E-state index in [4.69, 9.17) is 5.73 Å². The van der Waals surface area contributed by atoms with E-state index >= 15 is 0 Å². The molecule has 0 bridgehead atoms. The molecule has 1 aromatic rings. The van der Waals surface area contributed by atoms with Gasteiger partial charge in [0.05, 0.1) is 5.69 Å². The second-order valence-corrected chi connectivity index (χ2v) is 4.85. The summed E-state index contributed by atoms with van der Waals surface area (Å²) in [6, 6.07) is 4.80. The molecule has 1 amide bonds. The molecule has 1 fully saturated rings. The Bertz CT molecular complexity index is 460. The van der Waals surface area contributed by atoms with E-state index < -0.39 is 5.82 Å². The molecule has 5 heteroatoms. The summed E-state index contributed by atoms with van der Waals surface area (Å²) in [5.74, 6) is -0.813. The molecule has 1 aromatic carbocycles. The molecule has 1 aliphatic carbocycles. The number of rotatable bonds is 6. The van der Waals surface area contributed by atoms with E-state index in [0.717, 1.165) is 13.1 Å². The zero-order valence-electron chi connectivity index (χ0n) is 11.2. The number of benzene rings is 1. The highest BCUT2D eigenvalue weighted by Crippen LogP contribution is 2.25. The third-order valence-electron chi connectivity index (χ3n) is 3.42. The van der Waals surface area contributed by atoms with E-state index in [2.05, 4.69) is 17.1 Å². The van der Waals surface area contributed by atoms with Crippen LogP contribution in [-0.2, 0) is 0 Å². The number of amides is 1. The van der Waals surface area contributed by atoms with Gasteiger partial charge in [0.15, 0.2) is 0 Å². The first-order chi connectivity index (χ1) is 9.11. The Morgan fingerprint density at radius 2 is 2.26 bits per heavy atom. The van der Waals surface area contributed by atoms with Crippen molar-refractivity contribution in [1.82, 2.24) is 10.2 Å². The molecule has 104 valence electrons. The SMILES string of the molecule is CCN(CCNC(=O)c1ccc(N)c(F)c1)C1CC1. The summed E-state index contributed by atoms with van der Waals surface area (Å²) in [5, 5.41) is 2.80. The highest BCUT2D eigenvalue weighted by atomic mass is 19.1. The second-order valence-electron chi connectivity index (χ2n) is 4.85. The molecule has 19 heavy (non-hydrogen) atoms. The van der Waals surface area contributed by atoms with Crippen LogP contribution in [0.15, 0.2) is 18.2 Å². The van der Waals surface area contributed by atoms with Gasteiger partial charge >= 0.3 is 0 Å². The molecule has 0 saturated heterocycles. The first kappa shape index (κ1) is 13.8. The molecular formula is C14H20FN3O. The minimum Gasteiger partial charge on any atom is -0.396 e. The number of anilines is 1. The molecule has 4 nitrogen and oxygen atoms in total. The van der Waals surface area contributed by atoms with Gasteiger partial charge in [-0.25, -0.2) is 4.39 Å². The Morgan fingerprint density at radius 1 is 1.53 bits per heavy atom. The Morgan fingerprint density at radius 3 is 2.84 bits per heavy atom. The Labute approximate surface area is 112 Å². The van der Waals surface area contributed by atoms with Crippen LogP contribution in [0.1, 0.15) is 30.1 Å². The van der Waals surface area contributed by atoms with E-state index in [9.17, 15) is 9.18 Å². The first-order valence-electron chi connectivity index (χ1n) is 6.69. The minimum atomic E-state index is -0.555. The van der Waals surface area contributed by atoms with Gasteiger partial charge in [0, 0.05) is 24.7 Å². The lowest BCUT2D eigenvalue weighted by Gasteiger charge is -2.19. The Kier molecular flexibility index (Phi) is 4.37. The maximum Gasteiger partial charge on any atom is 0.251 e. The molecule has 0 atom stereocenters. The normalized spacial score (nSPS) is 14.7. The van der Waals surface area contributed by atoms with Gasteiger partial charge in [-0.3, -0.25) is 9.69 Å². The van der Waals surface area contributed by atoms with Crippen LogP contribution >= 0.6 is 0 Å². The number of hydrogen-bond donors (Lipinski definition) is 2. The van der Waals surface area contributed by atoms with Crippen LogP contribution in [0.2, 0.25) is 0 Å². The van der Waals surface area contributed by atoms with Crippen molar-refractivity contribution in [3.63, 3.8) is 0 Å². The van der Waals surface area contributed by atoms with Gasteiger partial charge in [-0.05, 0) is 37.6 Å². The van der Waals surface area contributed by atoms with E-state index in [1.54, 1.807) is 0 Å². The predicted molar refractivity (Wildman–Crippen MR) is 73.4 cm³/mol. The summed E-state index contributed by atoms with van der Waals surface area (Å²) in [7, 11) is 0. The zero-order valence-corrected chi connectivity index (χ0v) is 11.2. The topological polar surface area (TPSA) is 58.4 Å². The maximum atomic E-state index is 13.2. The molecule has 3 N–H and O–H groups in total. The number of nitrogens with zero attached hydrogens (tertiary/aromatic N) is 1. The molecule has 0 radical (unpaired) electrons. The summed E-state index contributed by atoms with van der Waals surface area (Å²) >= 11 is 0. The van der Waals surface area contributed by atoms with E-state index in [1.165, 1.54) is 31.0 Å². The first-order valence-corrected chi connectivity index (χ1v) is 6.69. The third-order valence-corrected chi connectivity index (χ3v) is 3.42. The number of nitrogens with two attached hydrogens (primary N) is 1. The third kappa shape index (κ3) is 3.67. The zero-order chi connectivity index (χ0) is 13.8. The van der Waals surface area contributed by atoms with Gasteiger partial charge in [0.1, 0.15) is 5.82 Å². The maximum absolute atomic E-state index is 13.2. The predicted octanol–water partition coefficient (Wildman–Crippen LogP) is 1.62. The van der Waals surface area contributed by atoms with Gasteiger partial charge in [-0.1, -0.05) is 6.92 Å². The number of likely N-dealkylation sites (N-methyl/N-ethyl adjacent to an activating group) is 1. The van der Waals surface area contributed by atoms with Gasteiger partial charge in [-0.15, -0.1) is 0 Å². The van der Waals surface area contributed by atoms with E-state index in [1.807, 2.05) is 0 Å². The van der Waals surface area contributed by atoms with Crippen molar-refractivity contribution >= 4 is 11.6 Å². The highest BCUT2D eigenvalue weighted by molar-refractivity contribution is 5.94. The van der Waals surface area contributed by atoms with E-state index in [0.29, 0.717) is 18.2 Å². The molecule has 0 heterocycles. The second kappa shape index (κ2) is 6.02. The van der Waals surface area contributed by atoms with E-state index in [-0.39, 0.29) is 11.6 Å². The van der Waals surface area contributed by atoms with Crippen molar-refractivity contribution in [1.29, 1.82) is 0 Å². The van der Waals surface area contributed by atoms with Crippen molar-refractivity contribution in [3.8, 4) is 0 Å². The Balaban J connectivity index is 1.81. The van der Waals surface area contributed by atoms with Gasteiger partial charge < -0.3 is 11.1 Å². The van der Waals surface area contributed by atoms with Gasteiger partial charge in [0.25, 0.3) is 5.91 Å². The lowest BCUT2D eigenvalue weighted by molar-refractivity contribution is 0.0947. The number of hydrogen-bond acceptors (Lipinski definition) is 3. The molecule has 2 rings (SSSR count). The van der Waals surface area contributed by atoms with Gasteiger partial charge in [-0.2, -0.15) is 0 Å². The van der Waals surface area contributed by atoms with Crippen molar-refractivity contribution in [2.45, 2.75) is 25.8 Å². The number of nitrogen functional groups attached to an aromatic ring is 1. The summed E-state index contributed by atoms with van der Waals surface area (Å²) in [6.45, 7) is 4.53. The fourth-order valence-corrected chi connectivity index (χ4v) is 2.12. The fraction of sp³-hybridized carbons (Fsp3) is 0.500. The molecule has 0 unspecified atom stereocenters. The average Bonchev–Trinajstić information content (AvgIpc) is 3.22. The molecular weight excluding hydrogens is 245 g/mol. The van der Waals surface area contributed by atoms with Crippen LogP contribution < -0.4 is 11.1 Å².